The first-order chi connectivity index (χ1) is 8.62. The third-order valence-electron chi connectivity index (χ3n) is 4.31. The summed E-state index contributed by atoms with van der Waals surface area (Å²) in [6, 6.07) is 10.7. The number of hydrogen-bond donors (Lipinski definition) is 1. The monoisotopic (exact) mass is 247 g/mol. The number of hydrogen-bond acceptors (Lipinski definition) is 2. The number of benzene rings is 1. The molecule has 18 heavy (non-hydrogen) atoms. The molecule has 1 unspecified atom stereocenters. The van der Waals surface area contributed by atoms with Gasteiger partial charge in [0.05, 0.1) is 0 Å². The maximum atomic E-state index is 9.40. The third kappa shape index (κ3) is 3.33. The molecule has 0 saturated carbocycles. The highest BCUT2D eigenvalue weighted by atomic mass is 16.3. The molecule has 1 aliphatic rings. The van der Waals surface area contributed by atoms with Crippen LogP contribution in [0.3, 0.4) is 0 Å². The van der Waals surface area contributed by atoms with Gasteiger partial charge in [-0.2, -0.15) is 0 Å². The zero-order valence-corrected chi connectivity index (χ0v) is 11.6. The second kappa shape index (κ2) is 5.85. The number of likely N-dealkylation sites (tertiary alicyclic amines) is 1. The van der Waals surface area contributed by atoms with Crippen LogP contribution < -0.4 is 0 Å². The molecular formula is C16H25NO. The molecule has 1 atom stereocenters. The van der Waals surface area contributed by atoms with Crippen LogP contribution in [0.4, 0.5) is 0 Å². The van der Waals surface area contributed by atoms with Gasteiger partial charge in [-0.15, -0.1) is 0 Å². The Balaban J connectivity index is 1.85. The first-order valence-corrected chi connectivity index (χ1v) is 6.99. The molecule has 1 aromatic rings. The summed E-state index contributed by atoms with van der Waals surface area (Å²) in [5.41, 5.74) is 1.66. The lowest BCUT2D eigenvalue weighted by Gasteiger charge is -2.43. The minimum absolute atomic E-state index is 0.240. The Morgan fingerprint density at radius 2 is 2.00 bits per heavy atom. The van der Waals surface area contributed by atoms with Crippen molar-refractivity contribution in [3.8, 4) is 0 Å². The van der Waals surface area contributed by atoms with Gasteiger partial charge in [0.1, 0.15) is 0 Å². The molecule has 1 fully saturated rings. The van der Waals surface area contributed by atoms with Gasteiger partial charge in [0.2, 0.25) is 0 Å². The van der Waals surface area contributed by atoms with E-state index in [1.165, 1.54) is 5.56 Å². The number of aliphatic hydroxyl groups is 1. The van der Waals surface area contributed by atoms with Crippen LogP contribution in [0.5, 0.6) is 0 Å². The van der Waals surface area contributed by atoms with E-state index in [0.717, 1.165) is 32.5 Å². The van der Waals surface area contributed by atoms with Crippen molar-refractivity contribution >= 4 is 0 Å². The zero-order chi connectivity index (χ0) is 13.0. The van der Waals surface area contributed by atoms with E-state index in [9.17, 15) is 5.11 Å². The van der Waals surface area contributed by atoms with Crippen molar-refractivity contribution in [2.75, 3.05) is 26.2 Å². The Morgan fingerprint density at radius 3 is 2.61 bits per heavy atom. The first-order valence-electron chi connectivity index (χ1n) is 6.99. The molecule has 1 aliphatic heterocycles. The van der Waals surface area contributed by atoms with Gasteiger partial charge in [0.25, 0.3) is 0 Å². The van der Waals surface area contributed by atoms with Crippen LogP contribution in [0.15, 0.2) is 30.3 Å². The summed E-state index contributed by atoms with van der Waals surface area (Å²) in [5.74, 6) is 0.463. The molecule has 2 heteroatoms. The van der Waals surface area contributed by atoms with Crippen molar-refractivity contribution in [3.05, 3.63) is 35.9 Å². The molecule has 2 rings (SSSR count). The highest BCUT2D eigenvalue weighted by molar-refractivity contribution is 5.14. The molecule has 1 N–H and O–H groups in total. The van der Waals surface area contributed by atoms with Gasteiger partial charge in [-0.3, -0.25) is 0 Å². The fraction of sp³-hybridized carbons (Fsp3) is 0.625. The first kappa shape index (κ1) is 13.6. The molecule has 0 radical (unpaired) electrons. The molecule has 0 bridgehead atoms. The normalized spacial score (nSPS) is 24.1. The van der Waals surface area contributed by atoms with Crippen LogP contribution in [-0.4, -0.2) is 36.2 Å². The quantitative estimate of drug-likeness (QED) is 0.884. The molecule has 0 spiro atoms. The number of nitrogens with zero attached hydrogens (tertiary/aromatic N) is 1. The van der Waals surface area contributed by atoms with Crippen molar-refractivity contribution in [2.45, 2.75) is 26.7 Å². The van der Waals surface area contributed by atoms with E-state index in [0.29, 0.717) is 12.5 Å². The molecule has 100 valence electrons. The van der Waals surface area contributed by atoms with E-state index >= 15 is 0 Å². The lowest BCUT2D eigenvalue weighted by molar-refractivity contribution is 0.0219. The van der Waals surface area contributed by atoms with Crippen LogP contribution in [-0.2, 0) is 6.42 Å². The Labute approximate surface area is 111 Å². The van der Waals surface area contributed by atoms with Crippen molar-refractivity contribution in [1.82, 2.24) is 4.90 Å². The standard InChI is InChI=1S/C16H25NO/c1-16(2)13-17(11-9-15(16)12-18)10-8-14-6-4-3-5-7-14/h3-7,15,18H,8-13H2,1-2H3. The Kier molecular flexibility index (Phi) is 4.41. The summed E-state index contributed by atoms with van der Waals surface area (Å²) < 4.78 is 0. The Bertz CT molecular complexity index is 361. The third-order valence-corrected chi connectivity index (χ3v) is 4.31. The van der Waals surface area contributed by atoms with E-state index in [1.54, 1.807) is 0 Å². The van der Waals surface area contributed by atoms with Crippen molar-refractivity contribution in [1.29, 1.82) is 0 Å². The van der Waals surface area contributed by atoms with Crippen molar-refractivity contribution < 1.29 is 5.11 Å². The topological polar surface area (TPSA) is 23.5 Å². The molecule has 0 aliphatic carbocycles. The average Bonchev–Trinajstić information content (AvgIpc) is 2.37. The SMILES string of the molecule is CC1(C)CN(CCc2ccccc2)CCC1CO. The van der Waals surface area contributed by atoms with Crippen molar-refractivity contribution in [2.24, 2.45) is 11.3 Å². The van der Waals surface area contributed by atoms with Gasteiger partial charge in [-0.1, -0.05) is 44.2 Å². The minimum atomic E-state index is 0.240. The number of aliphatic hydroxyl groups excluding tert-OH is 1. The molecule has 1 heterocycles. The van der Waals surface area contributed by atoms with Crippen LogP contribution in [0.1, 0.15) is 25.8 Å². The Hall–Kier alpha value is -0.860. The molecule has 2 nitrogen and oxygen atoms in total. The number of rotatable bonds is 4. The smallest absolute Gasteiger partial charge is 0.0465 e. The summed E-state index contributed by atoms with van der Waals surface area (Å²) >= 11 is 0. The lowest BCUT2D eigenvalue weighted by atomic mass is 9.74. The fourth-order valence-corrected chi connectivity index (χ4v) is 2.97. The van der Waals surface area contributed by atoms with Crippen LogP contribution >= 0.6 is 0 Å². The second-order valence-corrected chi connectivity index (χ2v) is 6.17. The van der Waals surface area contributed by atoms with Gasteiger partial charge in [-0.05, 0) is 36.3 Å². The van der Waals surface area contributed by atoms with Crippen LogP contribution in [0, 0.1) is 11.3 Å². The highest BCUT2D eigenvalue weighted by Gasteiger charge is 2.34. The van der Waals surface area contributed by atoms with E-state index in [-0.39, 0.29) is 5.41 Å². The van der Waals surface area contributed by atoms with Gasteiger partial charge in [0, 0.05) is 19.7 Å². The average molecular weight is 247 g/mol. The largest absolute Gasteiger partial charge is 0.396 e. The van der Waals surface area contributed by atoms with E-state index in [1.807, 2.05) is 0 Å². The van der Waals surface area contributed by atoms with Crippen LogP contribution in [0.25, 0.3) is 0 Å². The maximum absolute atomic E-state index is 9.40. The van der Waals surface area contributed by atoms with Gasteiger partial charge in [0.15, 0.2) is 0 Å². The predicted molar refractivity (Wildman–Crippen MR) is 75.6 cm³/mol. The molecular weight excluding hydrogens is 222 g/mol. The molecule has 0 aromatic heterocycles. The summed E-state index contributed by atoms with van der Waals surface area (Å²) in [4.78, 5) is 2.54. The molecule has 1 saturated heterocycles. The van der Waals surface area contributed by atoms with E-state index < -0.39 is 0 Å². The summed E-state index contributed by atoms with van der Waals surface area (Å²) in [6.07, 6.45) is 2.25. The summed E-state index contributed by atoms with van der Waals surface area (Å²) in [5, 5.41) is 9.40. The Morgan fingerprint density at radius 1 is 1.28 bits per heavy atom. The van der Waals surface area contributed by atoms with Gasteiger partial charge in [-0.25, -0.2) is 0 Å². The summed E-state index contributed by atoms with van der Waals surface area (Å²) in [7, 11) is 0. The zero-order valence-electron chi connectivity index (χ0n) is 11.6. The molecule has 0 amide bonds. The second-order valence-electron chi connectivity index (χ2n) is 6.17. The minimum Gasteiger partial charge on any atom is -0.396 e. The maximum Gasteiger partial charge on any atom is 0.0465 e. The summed E-state index contributed by atoms with van der Waals surface area (Å²) in [6.45, 7) is 8.25. The van der Waals surface area contributed by atoms with Crippen molar-refractivity contribution in [3.63, 3.8) is 0 Å². The molecule has 1 aromatic carbocycles. The fourth-order valence-electron chi connectivity index (χ4n) is 2.97. The lowest BCUT2D eigenvalue weighted by Crippen LogP contribution is -2.47. The predicted octanol–water partition coefficient (Wildman–Crippen LogP) is 2.57. The van der Waals surface area contributed by atoms with E-state index in [2.05, 4.69) is 49.1 Å². The van der Waals surface area contributed by atoms with Gasteiger partial charge < -0.3 is 10.0 Å². The van der Waals surface area contributed by atoms with Crippen LogP contribution in [0.2, 0.25) is 0 Å². The van der Waals surface area contributed by atoms with E-state index in [4.69, 9.17) is 0 Å². The van der Waals surface area contributed by atoms with Gasteiger partial charge >= 0.3 is 0 Å². The number of piperidine rings is 1. The highest BCUT2D eigenvalue weighted by Crippen LogP contribution is 2.34.